The quantitative estimate of drug-likeness (QED) is 0.435. The first-order valence-electron chi connectivity index (χ1n) is 9.71. The summed E-state index contributed by atoms with van der Waals surface area (Å²) < 4.78 is 5.37. The third-order valence-electron chi connectivity index (χ3n) is 4.47. The van der Waals surface area contributed by atoms with E-state index in [1.165, 1.54) is 4.90 Å². The van der Waals surface area contributed by atoms with Gasteiger partial charge in [-0.2, -0.15) is 0 Å². The van der Waals surface area contributed by atoms with Gasteiger partial charge in [-0.15, -0.1) is 0 Å². The molecule has 7 heteroatoms. The van der Waals surface area contributed by atoms with E-state index in [9.17, 15) is 19.2 Å². The third-order valence-corrected chi connectivity index (χ3v) is 4.47. The lowest BCUT2D eigenvalue weighted by Gasteiger charge is -2.16. The van der Waals surface area contributed by atoms with Crippen LogP contribution in [0.5, 0.6) is 0 Å². The predicted molar refractivity (Wildman–Crippen MR) is 102 cm³/mol. The fourth-order valence-electron chi connectivity index (χ4n) is 3.00. The molecule has 0 bridgehead atoms. The van der Waals surface area contributed by atoms with Gasteiger partial charge in [0.05, 0.1) is 13.2 Å². The molecule has 0 aromatic carbocycles. The van der Waals surface area contributed by atoms with Crippen molar-refractivity contribution < 1.29 is 23.9 Å². The molecule has 1 N–H and O–H groups in total. The Morgan fingerprint density at radius 1 is 1.19 bits per heavy atom. The van der Waals surface area contributed by atoms with Crippen LogP contribution in [0.1, 0.15) is 60.3 Å². The van der Waals surface area contributed by atoms with Crippen molar-refractivity contribution in [1.29, 1.82) is 0 Å². The number of rotatable bonds is 11. The van der Waals surface area contributed by atoms with Crippen LogP contribution in [0.3, 0.4) is 0 Å². The van der Waals surface area contributed by atoms with Crippen molar-refractivity contribution in [3.8, 4) is 0 Å². The van der Waals surface area contributed by atoms with E-state index < -0.39 is 0 Å². The van der Waals surface area contributed by atoms with Crippen LogP contribution in [0.2, 0.25) is 0 Å². The molecule has 0 aromatic heterocycles. The summed E-state index contributed by atoms with van der Waals surface area (Å²) in [5.41, 5.74) is -0.0155. The number of amides is 3. The Balaban J connectivity index is 2.14. The summed E-state index contributed by atoms with van der Waals surface area (Å²) in [5.74, 6) is -0.578. The molecule has 1 aliphatic heterocycles. The molecule has 1 heterocycles. The van der Waals surface area contributed by atoms with Gasteiger partial charge >= 0.3 is 0 Å². The van der Waals surface area contributed by atoms with Crippen LogP contribution in [-0.2, 0) is 23.9 Å². The molecular weight excluding hydrogens is 348 g/mol. The number of carbonyl (C=O) groups excluding carboxylic acids is 4. The van der Waals surface area contributed by atoms with Gasteiger partial charge < -0.3 is 10.1 Å². The van der Waals surface area contributed by atoms with Crippen molar-refractivity contribution in [1.82, 2.24) is 10.2 Å². The van der Waals surface area contributed by atoms with E-state index in [1.807, 2.05) is 34.6 Å². The normalized spacial score (nSPS) is 17.7. The molecule has 1 fully saturated rings. The van der Waals surface area contributed by atoms with Crippen molar-refractivity contribution >= 4 is 23.5 Å². The van der Waals surface area contributed by atoms with Crippen LogP contribution in [0.4, 0.5) is 0 Å². The fourth-order valence-corrected chi connectivity index (χ4v) is 3.00. The Labute approximate surface area is 162 Å². The van der Waals surface area contributed by atoms with E-state index in [2.05, 4.69) is 5.32 Å². The lowest BCUT2D eigenvalue weighted by Crippen LogP contribution is -2.36. The van der Waals surface area contributed by atoms with E-state index in [4.69, 9.17) is 4.74 Å². The van der Waals surface area contributed by atoms with Crippen molar-refractivity contribution in [3.05, 3.63) is 0 Å². The van der Waals surface area contributed by atoms with Gasteiger partial charge in [0, 0.05) is 44.7 Å². The largest absolute Gasteiger partial charge is 0.379 e. The number of hydrogen-bond acceptors (Lipinski definition) is 5. The lowest BCUT2D eigenvalue weighted by molar-refractivity contribution is -0.140. The molecule has 1 saturated heterocycles. The van der Waals surface area contributed by atoms with Crippen LogP contribution in [0.25, 0.3) is 0 Å². The summed E-state index contributed by atoms with van der Waals surface area (Å²) in [7, 11) is 0. The number of ketones is 1. The molecule has 0 radical (unpaired) electrons. The zero-order chi connectivity index (χ0) is 20.6. The number of imide groups is 1. The van der Waals surface area contributed by atoms with E-state index in [0.29, 0.717) is 32.6 Å². The van der Waals surface area contributed by atoms with Gasteiger partial charge in [0.25, 0.3) is 0 Å². The van der Waals surface area contributed by atoms with E-state index in [0.717, 1.165) is 0 Å². The number of ether oxygens (including phenoxy) is 1. The van der Waals surface area contributed by atoms with E-state index in [1.54, 1.807) is 0 Å². The standard InChI is InChI=1S/C20H34N2O5/c1-14(2)16-12-18(25)22(19(16)26)9-6-17(24)21-8-11-27-10-7-15(23)13-20(3,4)5/h14,16H,6-13H2,1-5H3,(H,21,24). The molecule has 1 unspecified atom stereocenters. The van der Waals surface area contributed by atoms with Crippen LogP contribution < -0.4 is 5.32 Å². The second-order valence-corrected chi connectivity index (χ2v) is 8.68. The number of nitrogens with zero attached hydrogens (tertiary/aromatic N) is 1. The third kappa shape index (κ3) is 8.65. The first-order chi connectivity index (χ1) is 12.5. The zero-order valence-electron chi connectivity index (χ0n) is 17.3. The Morgan fingerprint density at radius 3 is 2.41 bits per heavy atom. The minimum Gasteiger partial charge on any atom is -0.379 e. The minimum absolute atomic E-state index is 0.0155. The molecule has 0 spiro atoms. The average Bonchev–Trinajstić information content (AvgIpc) is 2.81. The molecule has 154 valence electrons. The van der Waals surface area contributed by atoms with Crippen LogP contribution in [0, 0.1) is 17.3 Å². The summed E-state index contributed by atoms with van der Waals surface area (Å²) >= 11 is 0. The number of nitrogens with one attached hydrogen (secondary N) is 1. The highest BCUT2D eigenvalue weighted by molar-refractivity contribution is 6.03. The first-order valence-corrected chi connectivity index (χ1v) is 9.71. The molecular formula is C20H34N2O5. The number of likely N-dealkylation sites (tertiary alicyclic amines) is 1. The van der Waals surface area contributed by atoms with Gasteiger partial charge in [-0.05, 0) is 11.3 Å². The Kier molecular flexibility index (Phi) is 9.09. The molecule has 7 nitrogen and oxygen atoms in total. The molecule has 1 aliphatic rings. The van der Waals surface area contributed by atoms with Crippen LogP contribution in [0.15, 0.2) is 0 Å². The van der Waals surface area contributed by atoms with Gasteiger partial charge in [-0.3, -0.25) is 24.1 Å². The van der Waals surface area contributed by atoms with Crippen molar-refractivity contribution in [2.45, 2.75) is 60.3 Å². The molecule has 0 aliphatic carbocycles. The Hall–Kier alpha value is -1.76. The van der Waals surface area contributed by atoms with Gasteiger partial charge in [-0.1, -0.05) is 34.6 Å². The van der Waals surface area contributed by atoms with Gasteiger partial charge in [0.15, 0.2) is 0 Å². The summed E-state index contributed by atoms with van der Waals surface area (Å²) in [6, 6.07) is 0. The predicted octanol–water partition coefficient (Wildman–Crippen LogP) is 1.94. The monoisotopic (exact) mass is 382 g/mol. The first kappa shape index (κ1) is 23.3. The van der Waals surface area contributed by atoms with Gasteiger partial charge in [0.1, 0.15) is 5.78 Å². The maximum atomic E-state index is 12.2. The zero-order valence-corrected chi connectivity index (χ0v) is 17.3. The smallest absolute Gasteiger partial charge is 0.233 e. The van der Waals surface area contributed by atoms with E-state index in [-0.39, 0.29) is 60.1 Å². The number of Topliss-reactive ketones (excluding diaryl/α,β-unsaturated/α-hetero) is 1. The van der Waals surface area contributed by atoms with Crippen LogP contribution >= 0.6 is 0 Å². The molecule has 3 amide bonds. The highest BCUT2D eigenvalue weighted by Gasteiger charge is 2.39. The van der Waals surface area contributed by atoms with E-state index >= 15 is 0 Å². The molecule has 1 atom stereocenters. The van der Waals surface area contributed by atoms with Gasteiger partial charge in [-0.25, -0.2) is 0 Å². The molecule has 0 aromatic rings. The highest BCUT2D eigenvalue weighted by atomic mass is 16.5. The second kappa shape index (κ2) is 10.5. The minimum atomic E-state index is -0.269. The summed E-state index contributed by atoms with van der Waals surface area (Å²) in [4.78, 5) is 48.9. The number of hydrogen-bond donors (Lipinski definition) is 1. The van der Waals surface area contributed by atoms with Crippen molar-refractivity contribution in [3.63, 3.8) is 0 Å². The van der Waals surface area contributed by atoms with Crippen molar-refractivity contribution in [2.75, 3.05) is 26.3 Å². The molecule has 27 heavy (non-hydrogen) atoms. The Morgan fingerprint density at radius 2 is 1.85 bits per heavy atom. The highest BCUT2D eigenvalue weighted by Crippen LogP contribution is 2.26. The SMILES string of the molecule is CC(C)C1CC(=O)N(CCC(=O)NCCOCCC(=O)CC(C)(C)C)C1=O. The summed E-state index contributed by atoms with van der Waals surface area (Å²) in [5, 5.41) is 2.70. The fraction of sp³-hybridized carbons (Fsp3) is 0.800. The molecule has 1 rings (SSSR count). The average molecular weight is 383 g/mol. The second-order valence-electron chi connectivity index (χ2n) is 8.68. The number of carbonyl (C=O) groups is 4. The van der Waals surface area contributed by atoms with Crippen LogP contribution in [-0.4, -0.2) is 54.7 Å². The maximum absolute atomic E-state index is 12.2. The summed E-state index contributed by atoms with van der Waals surface area (Å²) in [6.07, 6.45) is 1.23. The molecule has 0 saturated carbocycles. The maximum Gasteiger partial charge on any atom is 0.233 e. The Bertz CT molecular complexity index is 551. The topological polar surface area (TPSA) is 92.8 Å². The lowest BCUT2D eigenvalue weighted by atomic mass is 9.89. The van der Waals surface area contributed by atoms with Crippen molar-refractivity contribution in [2.24, 2.45) is 17.3 Å². The summed E-state index contributed by atoms with van der Waals surface area (Å²) in [6.45, 7) is 11.0. The van der Waals surface area contributed by atoms with Gasteiger partial charge in [0.2, 0.25) is 17.7 Å².